The Bertz CT molecular complexity index is 1770. The van der Waals surface area contributed by atoms with E-state index in [1.54, 1.807) is 55.5 Å². The molecule has 11 heteroatoms. The molecule has 2 N–H and O–H groups in total. The van der Waals surface area contributed by atoms with E-state index >= 15 is 0 Å². The van der Waals surface area contributed by atoms with Crippen LogP contribution in [-0.4, -0.2) is 29.3 Å². The Labute approximate surface area is 226 Å². The minimum absolute atomic E-state index is 0.0148. The maximum atomic E-state index is 13.4. The predicted octanol–water partition coefficient (Wildman–Crippen LogP) is 5.26. The lowest BCUT2D eigenvalue weighted by atomic mass is 10.0. The van der Waals surface area contributed by atoms with Crippen LogP contribution >= 0.6 is 11.6 Å². The molecule has 0 spiro atoms. The lowest BCUT2D eigenvalue weighted by Gasteiger charge is -2.31. The van der Waals surface area contributed by atoms with Gasteiger partial charge in [0, 0.05) is 21.8 Å². The summed E-state index contributed by atoms with van der Waals surface area (Å²) in [7, 11) is -7.88. The number of fused-ring (bicyclic) bond motifs is 3. The number of rotatable bonds is 6. The van der Waals surface area contributed by atoms with E-state index in [-0.39, 0.29) is 9.79 Å². The second kappa shape index (κ2) is 9.79. The first-order valence-electron chi connectivity index (χ1n) is 11.5. The summed E-state index contributed by atoms with van der Waals surface area (Å²) in [5.41, 5.74) is 2.97. The maximum absolute atomic E-state index is 13.4. The molecule has 1 aliphatic rings. The zero-order valence-electron chi connectivity index (χ0n) is 20.1. The van der Waals surface area contributed by atoms with Crippen LogP contribution in [0, 0.1) is 6.92 Å². The number of benzene rings is 4. The summed E-state index contributed by atoms with van der Waals surface area (Å²) in [4.78, 5) is 13.0. The van der Waals surface area contributed by atoms with Crippen molar-refractivity contribution in [3.8, 4) is 11.1 Å². The van der Waals surface area contributed by atoms with Gasteiger partial charge in [-0.3, -0.25) is 13.8 Å². The van der Waals surface area contributed by atoms with Crippen LogP contribution in [-0.2, 0) is 24.8 Å². The van der Waals surface area contributed by atoms with Crippen LogP contribution in [0.25, 0.3) is 11.1 Å². The standard InChI is InChI=1S/C27H22ClN3O5S2/c1-18-23(28)9-6-10-24(18)30-37(33,34)20-15-13-19(14-16-20)29-27(32)17-31-25-11-4-2-7-21(25)22-8-3-5-12-26(22)38(31,35)36/h2-16,30H,17H2,1H3,(H,29,32). The molecule has 1 heterocycles. The third kappa shape index (κ3) is 4.73. The van der Waals surface area contributed by atoms with Crippen molar-refractivity contribution < 1.29 is 21.6 Å². The number of carbonyl (C=O) groups excluding carboxylic acids is 1. The first-order valence-corrected chi connectivity index (χ1v) is 14.8. The van der Waals surface area contributed by atoms with Gasteiger partial charge >= 0.3 is 0 Å². The van der Waals surface area contributed by atoms with Crippen molar-refractivity contribution in [1.82, 2.24) is 0 Å². The second-order valence-electron chi connectivity index (χ2n) is 8.62. The molecule has 0 aromatic heterocycles. The topological polar surface area (TPSA) is 113 Å². The maximum Gasteiger partial charge on any atom is 0.265 e. The van der Waals surface area contributed by atoms with Crippen LogP contribution in [0.3, 0.4) is 0 Å². The molecule has 0 bridgehead atoms. The van der Waals surface area contributed by atoms with Gasteiger partial charge in [-0.05, 0) is 61.0 Å². The van der Waals surface area contributed by atoms with Gasteiger partial charge in [-0.1, -0.05) is 54.1 Å². The van der Waals surface area contributed by atoms with Gasteiger partial charge in [-0.25, -0.2) is 16.8 Å². The number of amides is 1. The Morgan fingerprint density at radius 1 is 0.868 bits per heavy atom. The van der Waals surface area contributed by atoms with Crippen molar-refractivity contribution in [1.29, 1.82) is 0 Å². The van der Waals surface area contributed by atoms with E-state index in [0.29, 0.717) is 38.8 Å². The lowest BCUT2D eigenvalue weighted by molar-refractivity contribution is -0.114. The van der Waals surface area contributed by atoms with Crippen molar-refractivity contribution in [3.63, 3.8) is 0 Å². The second-order valence-corrected chi connectivity index (χ2v) is 12.5. The predicted molar refractivity (Wildman–Crippen MR) is 148 cm³/mol. The fraction of sp³-hybridized carbons (Fsp3) is 0.0741. The Morgan fingerprint density at radius 2 is 1.53 bits per heavy atom. The van der Waals surface area contributed by atoms with Gasteiger partial charge in [-0.2, -0.15) is 0 Å². The van der Waals surface area contributed by atoms with Gasteiger partial charge in [0.2, 0.25) is 5.91 Å². The summed E-state index contributed by atoms with van der Waals surface area (Å²) in [6, 6.07) is 24.1. The monoisotopic (exact) mass is 567 g/mol. The highest BCUT2D eigenvalue weighted by atomic mass is 35.5. The molecule has 8 nitrogen and oxygen atoms in total. The highest BCUT2D eigenvalue weighted by Crippen LogP contribution is 2.42. The van der Waals surface area contributed by atoms with Gasteiger partial charge in [0.1, 0.15) is 6.54 Å². The average molecular weight is 568 g/mol. The normalized spacial score (nSPS) is 13.8. The summed E-state index contributed by atoms with van der Waals surface area (Å²) in [6.07, 6.45) is 0. The van der Waals surface area contributed by atoms with E-state index in [2.05, 4.69) is 10.0 Å². The first kappa shape index (κ1) is 25.8. The molecule has 1 aliphatic heterocycles. The summed E-state index contributed by atoms with van der Waals surface area (Å²) in [5.74, 6) is -0.578. The number of para-hydroxylation sites is 1. The molecule has 0 atom stereocenters. The summed E-state index contributed by atoms with van der Waals surface area (Å²) in [5, 5.41) is 3.08. The molecule has 0 aliphatic carbocycles. The minimum atomic E-state index is -3.97. The van der Waals surface area contributed by atoms with Crippen LogP contribution in [0.5, 0.6) is 0 Å². The van der Waals surface area contributed by atoms with Gasteiger partial charge < -0.3 is 5.32 Å². The van der Waals surface area contributed by atoms with E-state index < -0.39 is 32.5 Å². The van der Waals surface area contributed by atoms with Gasteiger partial charge in [0.25, 0.3) is 20.0 Å². The van der Waals surface area contributed by atoms with E-state index in [1.807, 2.05) is 12.1 Å². The number of nitrogens with one attached hydrogen (secondary N) is 2. The van der Waals surface area contributed by atoms with E-state index in [0.717, 1.165) is 4.31 Å². The molecule has 0 unspecified atom stereocenters. The zero-order chi connectivity index (χ0) is 27.1. The molecular formula is C27H22ClN3O5S2. The highest BCUT2D eigenvalue weighted by molar-refractivity contribution is 7.93. The SMILES string of the molecule is Cc1c(Cl)cccc1NS(=O)(=O)c1ccc(NC(=O)CN2c3ccccc3-c3ccccc3S2(=O)=O)cc1. The zero-order valence-corrected chi connectivity index (χ0v) is 22.4. The molecule has 4 aromatic rings. The fourth-order valence-electron chi connectivity index (χ4n) is 4.22. The van der Waals surface area contributed by atoms with Crippen molar-refractivity contribution >= 4 is 54.6 Å². The molecular weight excluding hydrogens is 546 g/mol. The number of sulfonamides is 2. The Hall–Kier alpha value is -3.86. The van der Waals surface area contributed by atoms with Crippen LogP contribution < -0.4 is 14.3 Å². The van der Waals surface area contributed by atoms with Gasteiger partial charge in [0.05, 0.1) is 21.2 Å². The molecule has 0 fully saturated rings. The van der Waals surface area contributed by atoms with Crippen LogP contribution in [0.15, 0.2) is 101 Å². The Balaban J connectivity index is 1.34. The molecule has 38 heavy (non-hydrogen) atoms. The number of carbonyl (C=O) groups is 1. The molecule has 0 radical (unpaired) electrons. The van der Waals surface area contributed by atoms with Crippen molar-refractivity contribution in [2.24, 2.45) is 0 Å². The highest BCUT2D eigenvalue weighted by Gasteiger charge is 2.35. The number of nitrogens with zero attached hydrogens (tertiary/aromatic N) is 1. The fourth-order valence-corrected chi connectivity index (χ4v) is 7.17. The molecule has 0 saturated carbocycles. The number of hydrogen-bond acceptors (Lipinski definition) is 5. The van der Waals surface area contributed by atoms with Crippen LogP contribution in [0.1, 0.15) is 5.56 Å². The molecule has 5 rings (SSSR count). The van der Waals surface area contributed by atoms with Crippen LogP contribution in [0.2, 0.25) is 5.02 Å². The Morgan fingerprint density at radius 3 is 2.26 bits per heavy atom. The molecule has 1 amide bonds. The summed E-state index contributed by atoms with van der Waals surface area (Å²) >= 11 is 6.08. The molecule has 0 saturated heterocycles. The number of hydrogen-bond donors (Lipinski definition) is 2. The number of halogens is 1. The molecule has 4 aromatic carbocycles. The minimum Gasteiger partial charge on any atom is -0.325 e. The molecule has 194 valence electrons. The smallest absolute Gasteiger partial charge is 0.265 e. The first-order chi connectivity index (χ1) is 18.1. The quantitative estimate of drug-likeness (QED) is 0.330. The average Bonchev–Trinajstić information content (AvgIpc) is 2.89. The largest absolute Gasteiger partial charge is 0.325 e. The van der Waals surface area contributed by atoms with Crippen molar-refractivity contribution in [2.45, 2.75) is 16.7 Å². The van der Waals surface area contributed by atoms with Gasteiger partial charge in [0.15, 0.2) is 0 Å². The number of anilines is 3. The lowest BCUT2D eigenvalue weighted by Crippen LogP contribution is -2.40. The van der Waals surface area contributed by atoms with Crippen molar-refractivity contribution in [3.05, 3.63) is 102 Å². The van der Waals surface area contributed by atoms with Crippen LogP contribution in [0.4, 0.5) is 17.1 Å². The summed E-state index contributed by atoms with van der Waals surface area (Å²) in [6.45, 7) is 1.25. The summed E-state index contributed by atoms with van der Waals surface area (Å²) < 4.78 is 56.0. The van der Waals surface area contributed by atoms with E-state index in [4.69, 9.17) is 11.6 Å². The Kier molecular flexibility index (Phi) is 6.64. The third-order valence-electron chi connectivity index (χ3n) is 6.17. The van der Waals surface area contributed by atoms with E-state index in [1.165, 1.54) is 30.3 Å². The van der Waals surface area contributed by atoms with Gasteiger partial charge in [-0.15, -0.1) is 0 Å². The van der Waals surface area contributed by atoms with Crippen molar-refractivity contribution in [2.75, 3.05) is 20.9 Å². The third-order valence-corrected chi connectivity index (χ3v) is 9.77. The van der Waals surface area contributed by atoms with E-state index in [9.17, 15) is 21.6 Å².